The van der Waals surface area contributed by atoms with E-state index in [1.807, 2.05) is 6.07 Å². The molecule has 0 saturated carbocycles. The Morgan fingerprint density at radius 3 is 3.05 bits per heavy atom. The fourth-order valence-electron chi connectivity index (χ4n) is 2.61. The van der Waals surface area contributed by atoms with Crippen molar-refractivity contribution in [2.45, 2.75) is 25.8 Å². The lowest BCUT2D eigenvalue weighted by molar-refractivity contribution is 0.267. The number of hydrogen-bond donors (Lipinski definition) is 2. The lowest BCUT2D eigenvalue weighted by Gasteiger charge is -2.28. The quantitative estimate of drug-likeness (QED) is 0.866. The van der Waals surface area contributed by atoms with Crippen molar-refractivity contribution in [1.29, 1.82) is 0 Å². The maximum Gasteiger partial charge on any atom is 0.142 e. The number of rotatable bonds is 4. The van der Waals surface area contributed by atoms with Gasteiger partial charge in [-0.25, -0.2) is 0 Å². The maximum atomic E-state index is 9.13. The van der Waals surface area contributed by atoms with Gasteiger partial charge in [-0.15, -0.1) is 0 Å². The molecule has 0 aromatic heterocycles. The van der Waals surface area contributed by atoms with Crippen LogP contribution in [0.1, 0.15) is 18.4 Å². The van der Waals surface area contributed by atoms with E-state index >= 15 is 0 Å². The molecule has 1 unspecified atom stereocenters. The van der Waals surface area contributed by atoms with Crippen molar-refractivity contribution in [1.82, 2.24) is 5.32 Å². The number of anilines is 1. The van der Waals surface area contributed by atoms with Gasteiger partial charge in [-0.05, 0) is 44.0 Å². The zero-order chi connectivity index (χ0) is 13.7. The molecule has 1 fully saturated rings. The lowest BCUT2D eigenvalue weighted by Crippen LogP contribution is -2.38. The van der Waals surface area contributed by atoms with Crippen molar-refractivity contribution < 1.29 is 9.84 Å². The summed E-state index contributed by atoms with van der Waals surface area (Å²) in [6.45, 7) is 5.28. The van der Waals surface area contributed by atoms with Crippen molar-refractivity contribution in [2.24, 2.45) is 0 Å². The summed E-state index contributed by atoms with van der Waals surface area (Å²) in [5.74, 6) is 0.926. The van der Waals surface area contributed by atoms with E-state index in [0.29, 0.717) is 6.04 Å². The van der Waals surface area contributed by atoms with Crippen molar-refractivity contribution in [3.05, 3.63) is 23.8 Å². The highest BCUT2D eigenvalue weighted by atomic mass is 16.5. The fourth-order valence-corrected chi connectivity index (χ4v) is 2.61. The number of benzene rings is 1. The monoisotopic (exact) mass is 264 g/mol. The van der Waals surface area contributed by atoms with Gasteiger partial charge in [0.15, 0.2) is 0 Å². The van der Waals surface area contributed by atoms with Crippen molar-refractivity contribution >= 4 is 5.69 Å². The molecule has 0 bridgehead atoms. The summed E-state index contributed by atoms with van der Waals surface area (Å²) < 4.78 is 5.48. The highest BCUT2D eigenvalue weighted by Gasteiger charge is 2.20. The van der Waals surface area contributed by atoms with Crippen LogP contribution in [-0.2, 0) is 0 Å². The van der Waals surface area contributed by atoms with Gasteiger partial charge in [0, 0.05) is 25.7 Å². The molecule has 2 rings (SSSR count). The molecule has 4 heteroatoms. The van der Waals surface area contributed by atoms with E-state index in [-0.39, 0.29) is 6.61 Å². The smallest absolute Gasteiger partial charge is 0.142 e. The minimum absolute atomic E-state index is 0.233. The second-order valence-corrected chi connectivity index (χ2v) is 5.14. The minimum Gasteiger partial charge on any atom is -0.495 e. The molecule has 1 aliphatic heterocycles. The first kappa shape index (κ1) is 14.2. The molecule has 19 heavy (non-hydrogen) atoms. The van der Waals surface area contributed by atoms with E-state index in [2.05, 4.69) is 29.3 Å². The number of aliphatic hydroxyl groups is 1. The van der Waals surface area contributed by atoms with Crippen LogP contribution in [0.5, 0.6) is 5.75 Å². The predicted octanol–water partition coefficient (Wildman–Crippen LogP) is 1.55. The molecule has 1 heterocycles. The van der Waals surface area contributed by atoms with E-state index in [1.165, 1.54) is 5.56 Å². The van der Waals surface area contributed by atoms with E-state index in [0.717, 1.165) is 43.9 Å². The van der Waals surface area contributed by atoms with Gasteiger partial charge in [0.25, 0.3) is 0 Å². The van der Waals surface area contributed by atoms with Crippen LogP contribution >= 0.6 is 0 Å². The molecule has 1 atom stereocenters. The number of nitrogens with zero attached hydrogens (tertiary/aromatic N) is 1. The molecule has 4 nitrogen and oxygen atoms in total. The molecule has 0 radical (unpaired) electrons. The summed E-state index contributed by atoms with van der Waals surface area (Å²) in [5.41, 5.74) is 2.40. The zero-order valence-electron chi connectivity index (χ0n) is 11.9. The van der Waals surface area contributed by atoms with Crippen molar-refractivity contribution in [2.75, 3.05) is 38.3 Å². The van der Waals surface area contributed by atoms with Crippen LogP contribution in [0.25, 0.3) is 0 Å². The van der Waals surface area contributed by atoms with Crippen LogP contribution in [0.15, 0.2) is 18.2 Å². The predicted molar refractivity (Wildman–Crippen MR) is 78.1 cm³/mol. The third-order valence-electron chi connectivity index (χ3n) is 3.63. The van der Waals surface area contributed by atoms with Crippen LogP contribution in [0, 0.1) is 6.92 Å². The standard InChI is InChI=1S/C15H24N2O2/c1-12-4-5-15(19-2)14(10-12)17-8-3-7-16-13(11-17)6-9-18/h4-5,10,13,16,18H,3,6-9,11H2,1-2H3. The number of hydrogen-bond acceptors (Lipinski definition) is 4. The fraction of sp³-hybridized carbons (Fsp3) is 0.600. The van der Waals surface area contributed by atoms with Crippen LogP contribution in [-0.4, -0.2) is 44.5 Å². The summed E-state index contributed by atoms with van der Waals surface area (Å²) in [4.78, 5) is 2.37. The first-order valence-electron chi connectivity index (χ1n) is 6.98. The Kier molecular flexibility index (Phi) is 5.05. The normalized spacial score (nSPS) is 20.2. The Balaban J connectivity index is 2.20. The summed E-state index contributed by atoms with van der Waals surface area (Å²) in [6.07, 6.45) is 1.91. The molecular formula is C15H24N2O2. The summed E-state index contributed by atoms with van der Waals surface area (Å²) in [6, 6.07) is 6.63. The molecular weight excluding hydrogens is 240 g/mol. The Morgan fingerprint density at radius 1 is 1.47 bits per heavy atom. The third-order valence-corrected chi connectivity index (χ3v) is 3.63. The topological polar surface area (TPSA) is 44.7 Å². The second kappa shape index (κ2) is 6.78. The average Bonchev–Trinajstić information content (AvgIpc) is 2.65. The Bertz CT molecular complexity index is 409. The number of aliphatic hydroxyl groups excluding tert-OH is 1. The molecule has 0 spiro atoms. The average molecular weight is 264 g/mol. The molecule has 2 N–H and O–H groups in total. The molecule has 1 aliphatic rings. The molecule has 0 aliphatic carbocycles. The van der Waals surface area contributed by atoms with Gasteiger partial charge in [0.1, 0.15) is 5.75 Å². The summed E-state index contributed by atoms with van der Waals surface area (Å²) in [7, 11) is 1.72. The van der Waals surface area contributed by atoms with Gasteiger partial charge < -0.3 is 20.1 Å². The number of methoxy groups -OCH3 is 1. The van der Waals surface area contributed by atoms with Crippen molar-refractivity contribution in [3.8, 4) is 5.75 Å². The Hall–Kier alpha value is -1.26. The minimum atomic E-state index is 0.233. The lowest BCUT2D eigenvalue weighted by atomic mass is 10.1. The van der Waals surface area contributed by atoms with Gasteiger partial charge in [0.05, 0.1) is 12.8 Å². The third kappa shape index (κ3) is 3.61. The second-order valence-electron chi connectivity index (χ2n) is 5.14. The molecule has 1 aromatic rings. The van der Waals surface area contributed by atoms with Crippen LogP contribution in [0.4, 0.5) is 5.69 Å². The van der Waals surface area contributed by atoms with E-state index in [9.17, 15) is 0 Å². The summed E-state index contributed by atoms with van der Waals surface area (Å²) in [5, 5.41) is 12.6. The van der Waals surface area contributed by atoms with E-state index < -0.39 is 0 Å². The van der Waals surface area contributed by atoms with Crippen LogP contribution in [0.2, 0.25) is 0 Å². The van der Waals surface area contributed by atoms with Gasteiger partial charge in [-0.2, -0.15) is 0 Å². The summed E-state index contributed by atoms with van der Waals surface area (Å²) >= 11 is 0. The van der Waals surface area contributed by atoms with Crippen LogP contribution < -0.4 is 15.0 Å². The van der Waals surface area contributed by atoms with E-state index in [1.54, 1.807) is 7.11 Å². The van der Waals surface area contributed by atoms with Crippen LogP contribution in [0.3, 0.4) is 0 Å². The molecule has 106 valence electrons. The number of aryl methyl sites for hydroxylation is 1. The largest absolute Gasteiger partial charge is 0.495 e. The first-order chi connectivity index (χ1) is 9.24. The maximum absolute atomic E-state index is 9.13. The highest BCUT2D eigenvalue weighted by Crippen LogP contribution is 2.30. The zero-order valence-corrected chi connectivity index (χ0v) is 11.9. The molecule has 1 aromatic carbocycles. The number of nitrogens with one attached hydrogen (secondary N) is 1. The van der Waals surface area contributed by atoms with Gasteiger partial charge in [0.2, 0.25) is 0 Å². The molecule has 1 saturated heterocycles. The van der Waals surface area contributed by atoms with Gasteiger partial charge in [-0.1, -0.05) is 6.07 Å². The number of ether oxygens (including phenoxy) is 1. The Labute approximate surface area is 115 Å². The highest BCUT2D eigenvalue weighted by molar-refractivity contribution is 5.60. The first-order valence-corrected chi connectivity index (χ1v) is 6.98. The molecule has 0 amide bonds. The van der Waals surface area contributed by atoms with E-state index in [4.69, 9.17) is 9.84 Å². The SMILES string of the molecule is COc1ccc(C)cc1N1CCCNC(CCO)C1. The Morgan fingerprint density at radius 2 is 2.32 bits per heavy atom. The van der Waals surface area contributed by atoms with Gasteiger partial charge in [-0.3, -0.25) is 0 Å². The van der Waals surface area contributed by atoms with Gasteiger partial charge >= 0.3 is 0 Å². The van der Waals surface area contributed by atoms with Crippen molar-refractivity contribution in [3.63, 3.8) is 0 Å².